The zero-order valence-corrected chi connectivity index (χ0v) is 50.9. The summed E-state index contributed by atoms with van der Waals surface area (Å²) in [5.74, 6) is 4.35. The number of halogens is 8. The topological polar surface area (TPSA) is 261 Å². The van der Waals surface area contributed by atoms with Gasteiger partial charge in [0.15, 0.2) is 17.7 Å². The highest BCUT2D eigenvalue weighted by atomic mass is 35.5. The van der Waals surface area contributed by atoms with Gasteiger partial charge in [-0.25, -0.2) is 28.3 Å². The van der Waals surface area contributed by atoms with Crippen molar-refractivity contribution in [2.75, 3.05) is 55.8 Å². The number of para-hydroxylation sites is 2. The van der Waals surface area contributed by atoms with E-state index in [0.29, 0.717) is 28.9 Å². The second-order valence-corrected chi connectivity index (χ2v) is 25.0. The second kappa shape index (κ2) is 30.5. The fraction of sp³-hybridized carbons (Fsp3) is 0.431. The molecule has 4 aromatic carbocycles. The van der Waals surface area contributed by atoms with E-state index in [0.717, 1.165) is 37.8 Å². The second-order valence-electron chi connectivity index (χ2n) is 20.1. The predicted octanol–water partition coefficient (Wildman–Crippen LogP) is 12.1. The lowest BCUT2D eigenvalue weighted by molar-refractivity contribution is -0.182. The van der Waals surface area contributed by atoms with Gasteiger partial charge in [-0.05, 0) is 138 Å². The molecular weight excluding hydrogens is 1240 g/mol. The van der Waals surface area contributed by atoms with Crippen molar-refractivity contribution in [3.8, 4) is 23.3 Å². The van der Waals surface area contributed by atoms with Crippen LogP contribution in [0.25, 0.3) is 0 Å². The van der Waals surface area contributed by atoms with Gasteiger partial charge in [0.2, 0.25) is 5.54 Å². The molecule has 4 amide bonds. The van der Waals surface area contributed by atoms with E-state index in [9.17, 15) is 59.4 Å². The molecule has 2 aliphatic heterocycles. The van der Waals surface area contributed by atoms with E-state index in [2.05, 4.69) is 27.8 Å². The lowest BCUT2D eigenvalue weighted by Crippen LogP contribution is -2.59. The summed E-state index contributed by atoms with van der Waals surface area (Å²) in [6.07, 6.45) is -5.42. The largest absolute Gasteiger partial charge is 0.464 e. The Balaban J connectivity index is 0.000000231. The van der Waals surface area contributed by atoms with E-state index in [1.165, 1.54) is 38.1 Å². The summed E-state index contributed by atoms with van der Waals surface area (Å²) in [6.45, 7) is 7.14. The highest BCUT2D eigenvalue weighted by molar-refractivity contribution is 7.54. The van der Waals surface area contributed by atoms with E-state index in [1.807, 2.05) is 16.7 Å². The van der Waals surface area contributed by atoms with Crippen LogP contribution in [0, 0.1) is 23.7 Å². The van der Waals surface area contributed by atoms with Crippen LogP contribution in [-0.2, 0) is 66.0 Å². The molecular formula is C58H66Cl2F6N6O13P2. The Morgan fingerprint density at radius 1 is 0.736 bits per heavy atom. The smallest absolute Gasteiger partial charge is 0.427 e. The van der Waals surface area contributed by atoms with Crippen LogP contribution in [0.3, 0.4) is 0 Å². The van der Waals surface area contributed by atoms with Crippen LogP contribution >= 0.6 is 38.4 Å². The molecule has 4 aliphatic rings. The van der Waals surface area contributed by atoms with E-state index in [-0.39, 0.29) is 102 Å². The number of esters is 2. The third-order valence-corrected chi connectivity index (χ3v) is 17.7. The van der Waals surface area contributed by atoms with Crippen molar-refractivity contribution >= 4 is 80.1 Å². The van der Waals surface area contributed by atoms with Gasteiger partial charge in [-0.1, -0.05) is 77.5 Å². The van der Waals surface area contributed by atoms with Crippen LogP contribution in [0.5, 0.6) is 11.5 Å². The standard InChI is InChI=1S/C29H32ClF3N3O6P.C16H14ClF3N2O2.C13H20NO5P/c1-3-40-26(37)19(2)41-43(39,42-22-7-5-4-6-8-22)16-15-34-14-12-21-17-25-23(18-24(21)30)28(29(31,32)33,36-27(38)35-25)13-11-20-9-10-20;17-12-8-11-13(7-10(12)4-6-23)21-14(24)22-15(11,16(18,19)20)5-3-9-1-2-9;1-3-17-13(15)11(2)18-20(16,10-9-14)19-12-7-5-4-6-8-12/h4-8,17-20,34H,3,9-10,12,14-16H2,1-2H3,(H2,35,36,38);3,5-9H,1-2,4H2,(H2,21,22,24);4-8,11H,3,9-10,14H2,1-2H3/b;5-3+;/t19-,28-,43?;15-;11-,20?/m000/s1. The first-order valence-corrected chi connectivity index (χ1v) is 31.8. The molecule has 2 fully saturated rings. The molecule has 2 aliphatic carbocycles. The molecule has 0 bridgehead atoms. The summed E-state index contributed by atoms with van der Waals surface area (Å²) in [5, 5.41) is 12.0. The number of benzene rings is 4. The first kappa shape index (κ1) is 69.5. The number of hydrogen-bond acceptors (Lipinski definition) is 15. The summed E-state index contributed by atoms with van der Waals surface area (Å²) < 4.78 is 143. The number of ether oxygens (including phenoxy) is 2. The van der Waals surface area contributed by atoms with Crippen molar-refractivity contribution in [3.05, 3.63) is 129 Å². The molecule has 4 aromatic rings. The maximum absolute atomic E-state index is 14.4. The SMILES string of the molecule is CCOC(=O)[C@H](C)OP(=O)(CCN)Oc1ccccc1.CCOC(=O)[C@H](C)OP(=O)(CCNCCc1cc2c(cc1Cl)[C@@](C#CC1CC1)(C(F)(F)F)NC(=O)N2)Oc1ccccc1.O=CCc1cc2c(cc1Cl)[C@@](/C=C/C1CC1)(C(F)(F)F)NC(=O)N2. The van der Waals surface area contributed by atoms with Crippen LogP contribution in [0.2, 0.25) is 10.0 Å². The number of anilines is 2. The van der Waals surface area contributed by atoms with Gasteiger partial charge < -0.3 is 55.6 Å². The molecule has 0 radical (unpaired) electrons. The van der Waals surface area contributed by atoms with Gasteiger partial charge in [-0.15, -0.1) is 0 Å². The lowest BCUT2D eigenvalue weighted by Gasteiger charge is -2.39. The minimum atomic E-state index is -4.89. The number of nitrogens with two attached hydrogens (primary N) is 1. The van der Waals surface area contributed by atoms with Gasteiger partial charge in [0, 0.05) is 58.0 Å². The maximum atomic E-state index is 14.4. The zero-order valence-electron chi connectivity index (χ0n) is 47.6. The molecule has 0 aromatic heterocycles. The summed E-state index contributed by atoms with van der Waals surface area (Å²) in [7, 11) is -7.32. The van der Waals surface area contributed by atoms with Gasteiger partial charge >= 0.3 is 51.5 Å². The summed E-state index contributed by atoms with van der Waals surface area (Å²) in [5.41, 5.74) is 0.245. The molecule has 2 unspecified atom stereocenters. The van der Waals surface area contributed by atoms with Gasteiger partial charge in [0.1, 0.15) is 17.8 Å². The zero-order chi connectivity index (χ0) is 63.8. The Kier molecular flexibility index (Phi) is 24.4. The number of urea groups is 2. The van der Waals surface area contributed by atoms with E-state index in [1.54, 1.807) is 68.4 Å². The third-order valence-electron chi connectivity index (χ3n) is 13.2. The van der Waals surface area contributed by atoms with Crippen LogP contribution in [0.1, 0.15) is 75.6 Å². The monoisotopic (exact) mass is 1300 g/mol. The Labute approximate surface area is 508 Å². The van der Waals surface area contributed by atoms with Crippen LogP contribution < -0.4 is 41.4 Å². The van der Waals surface area contributed by atoms with Crippen LogP contribution in [0.15, 0.2) is 97.1 Å². The summed E-state index contributed by atoms with van der Waals surface area (Å²) >= 11 is 12.5. The Morgan fingerprint density at radius 3 is 1.74 bits per heavy atom. The number of alkyl halides is 6. The third kappa shape index (κ3) is 19.2. The molecule has 0 saturated heterocycles. The molecule has 19 nitrogen and oxygen atoms in total. The van der Waals surface area contributed by atoms with E-state index >= 15 is 0 Å². The number of hydrogen-bond donors (Lipinski definition) is 6. The predicted molar refractivity (Wildman–Crippen MR) is 314 cm³/mol. The molecule has 6 atom stereocenters. The van der Waals surface area contributed by atoms with Crippen LogP contribution in [0.4, 0.5) is 47.3 Å². The first-order valence-electron chi connectivity index (χ1n) is 27.5. The van der Waals surface area contributed by atoms with Crippen molar-refractivity contribution in [1.29, 1.82) is 0 Å². The average molecular weight is 1300 g/mol. The normalized spacial score (nSPS) is 19.8. The molecule has 0 spiro atoms. The molecule has 2 heterocycles. The van der Waals surface area contributed by atoms with Crippen molar-refractivity contribution in [3.63, 3.8) is 0 Å². The van der Waals surface area contributed by atoms with Crippen molar-refractivity contribution < 1.29 is 87.0 Å². The van der Waals surface area contributed by atoms with Gasteiger partial charge in [0.05, 0.1) is 25.5 Å². The van der Waals surface area contributed by atoms with E-state index in [4.69, 9.17) is 56.5 Å². The van der Waals surface area contributed by atoms with Gasteiger partial charge in [0.25, 0.3) is 0 Å². The summed E-state index contributed by atoms with van der Waals surface area (Å²) in [4.78, 5) is 58.4. The van der Waals surface area contributed by atoms with Crippen LogP contribution in [-0.4, -0.2) is 100 Å². The van der Waals surface area contributed by atoms with Gasteiger partial charge in [-0.3, -0.25) is 9.05 Å². The number of carbonyl (C=O) groups is 5. The highest BCUT2D eigenvalue weighted by Crippen LogP contribution is 2.52. The Hall–Kier alpha value is -6.61. The molecule has 7 N–H and O–H groups in total. The highest BCUT2D eigenvalue weighted by Gasteiger charge is 2.60. The van der Waals surface area contributed by atoms with Gasteiger partial charge in [-0.2, -0.15) is 26.3 Å². The maximum Gasteiger partial charge on any atom is 0.427 e. The fourth-order valence-corrected chi connectivity index (χ4v) is 12.2. The Bertz CT molecular complexity index is 3280. The van der Waals surface area contributed by atoms with Crippen molar-refractivity contribution in [1.82, 2.24) is 16.0 Å². The number of rotatable bonds is 24. The number of aldehydes is 1. The first-order chi connectivity index (χ1) is 41.1. The number of allylic oxidation sites excluding steroid dienone is 1. The number of carbonyl (C=O) groups excluding carboxylic acids is 5. The molecule has 472 valence electrons. The average Bonchev–Trinajstić information content (AvgIpc) is 1.30. The molecule has 8 rings (SSSR count). The summed E-state index contributed by atoms with van der Waals surface area (Å²) in [6, 6.07) is 20.1. The number of fused-ring (bicyclic) bond motifs is 2. The Morgan fingerprint density at radius 2 is 1.24 bits per heavy atom. The quantitative estimate of drug-likeness (QED) is 0.00725. The number of nitrogens with one attached hydrogen (secondary N) is 5. The molecule has 29 heteroatoms. The molecule has 2 saturated carbocycles. The lowest BCUT2D eigenvalue weighted by atomic mass is 9.84. The minimum Gasteiger partial charge on any atom is -0.464 e. The molecule has 87 heavy (non-hydrogen) atoms. The fourth-order valence-electron chi connectivity index (χ4n) is 8.49. The minimum absolute atomic E-state index is 0.00206. The van der Waals surface area contributed by atoms with Crippen molar-refractivity contribution in [2.45, 2.75) is 102 Å². The van der Waals surface area contributed by atoms with Crippen molar-refractivity contribution in [2.24, 2.45) is 17.6 Å². The van der Waals surface area contributed by atoms with E-state index < -0.39 is 74.8 Å². The number of amides is 4.